The van der Waals surface area contributed by atoms with Gasteiger partial charge in [-0.3, -0.25) is 14.2 Å². The van der Waals surface area contributed by atoms with Crippen LogP contribution < -0.4 is 10.6 Å². The first kappa shape index (κ1) is 18.2. The molecule has 0 aliphatic carbocycles. The molecule has 1 unspecified atom stereocenters. The average molecular weight is 327 g/mol. The van der Waals surface area contributed by atoms with Crippen LogP contribution in [-0.4, -0.2) is 32.5 Å². The Balaban J connectivity index is 0.00000242. The van der Waals surface area contributed by atoms with Crippen molar-refractivity contribution in [3.8, 4) is 0 Å². The summed E-state index contributed by atoms with van der Waals surface area (Å²) >= 11 is 0. The van der Waals surface area contributed by atoms with Gasteiger partial charge in [-0.15, -0.1) is 12.4 Å². The van der Waals surface area contributed by atoms with Gasteiger partial charge in [-0.25, -0.2) is 0 Å². The fourth-order valence-electron chi connectivity index (χ4n) is 2.01. The van der Waals surface area contributed by atoms with Crippen LogP contribution in [0.25, 0.3) is 0 Å². The zero-order valence-corrected chi connectivity index (χ0v) is 14.3. The molecular weight excluding hydrogens is 304 g/mol. The minimum absolute atomic E-state index is 0. The third-order valence-corrected chi connectivity index (χ3v) is 3.15. The van der Waals surface area contributed by atoms with Gasteiger partial charge in [0.15, 0.2) is 0 Å². The largest absolute Gasteiger partial charge is 0.322 e. The van der Waals surface area contributed by atoms with Crippen molar-refractivity contribution in [1.82, 2.24) is 24.9 Å². The van der Waals surface area contributed by atoms with Gasteiger partial charge in [0.05, 0.1) is 23.6 Å². The van der Waals surface area contributed by atoms with E-state index in [0.29, 0.717) is 5.69 Å². The Morgan fingerprint density at radius 2 is 1.91 bits per heavy atom. The summed E-state index contributed by atoms with van der Waals surface area (Å²) in [5.41, 5.74) is 1.38. The predicted molar refractivity (Wildman–Crippen MR) is 88.1 cm³/mol. The topological polar surface area (TPSA) is 76.8 Å². The third kappa shape index (κ3) is 4.08. The molecule has 1 amide bonds. The number of aryl methyl sites for hydroxylation is 1. The fourth-order valence-corrected chi connectivity index (χ4v) is 2.01. The lowest BCUT2D eigenvalue weighted by atomic mass is 10.1. The number of aromatic nitrogens is 4. The molecule has 0 bridgehead atoms. The maximum Gasteiger partial charge on any atom is 0.246 e. The number of nitrogens with zero attached hydrogens (tertiary/aromatic N) is 4. The normalized spacial score (nSPS) is 12.6. The number of likely N-dealkylation sites (N-methyl/N-ethyl adjacent to an activating group) is 1. The number of nitrogens with one attached hydrogen (secondary N) is 2. The maximum atomic E-state index is 12.4. The molecule has 0 radical (unpaired) electrons. The first-order valence-electron chi connectivity index (χ1n) is 6.83. The molecule has 0 aliphatic heterocycles. The highest BCUT2D eigenvalue weighted by Gasteiger charge is 2.21. The first-order chi connectivity index (χ1) is 9.81. The van der Waals surface area contributed by atoms with E-state index in [4.69, 9.17) is 0 Å². The Morgan fingerprint density at radius 1 is 1.23 bits per heavy atom. The molecule has 7 nitrogen and oxygen atoms in total. The fraction of sp³-hybridized carbons (Fsp3) is 0.500. The van der Waals surface area contributed by atoms with E-state index in [1.165, 1.54) is 0 Å². The van der Waals surface area contributed by atoms with Crippen molar-refractivity contribution in [3.63, 3.8) is 0 Å². The van der Waals surface area contributed by atoms with Crippen molar-refractivity contribution in [2.45, 2.75) is 32.4 Å². The van der Waals surface area contributed by atoms with Gasteiger partial charge in [0.1, 0.15) is 6.04 Å². The quantitative estimate of drug-likeness (QED) is 0.896. The SMILES string of the molecule is CNC(C(=O)Nc1cnn(C(C)(C)C)c1)c1cnn(C)c1.Cl. The monoisotopic (exact) mass is 326 g/mol. The van der Waals surface area contributed by atoms with Crippen LogP contribution in [0.3, 0.4) is 0 Å². The third-order valence-electron chi connectivity index (χ3n) is 3.15. The van der Waals surface area contributed by atoms with Gasteiger partial charge in [0.25, 0.3) is 0 Å². The second-order valence-corrected chi connectivity index (χ2v) is 6.00. The summed E-state index contributed by atoms with van der Waals surface area (Å²) in [7, 11) is 3.57. The van der Waals surface area contributed by atoms with Crippen LogP contribution in [-0.2, 0) is 17.4 Å². The van der Waals surface area contributed by atoms with E-state index >= 15 is 0 Å². The number of anilines is 1. The Kier molecular flexibility index (Phi) is 5.73. The number of carbonyl (C=O) groups is 1. The Labute approximate surface area is 136 Å². The van der Waals surface area contributed by atoms with Crippen molar-refractivity contribution in [1.29, 1.82) is 0 Å². The molecule has 0 aliphatic rings. The number of rotatable bonds is 4. The lowest BCUT2D eigenvalue weighted by Crippen LogP contribution is -2.30. The molecule has 0 fully saturated rings. The Hall–Kier alpha value is -1.86. The smallest absolute Gasteiger partial charge is 0.246 e. The minimum atomic E-state index is -0.448. The molecule has 22 heavy (non-hydrogen) atoms. The highest BCUT2D eigenvalue weighted by molar-refractivity contribution is 5.95. The molecule has 2 aromatic heterocycles. The molecule has 122 valence electrons. The number of halogens is 1. The summed E-state index contributed by atoms with van der Waals surface area (Å²) in [6.07, 6.45) is 6.98. The molecule has 0 aromatic carbocycles. The Morgan fingerprint density at radius 3 is 2.36 bits per heavy atom. The number of amides is 1. The van der Waals surface area contributed by atoms with E-state index in [2.05, 4.69) is 41.6 Å². The van der Waals surface area contributed by atoms with Gasteiger partial charge in [-0.2, -0.15) is 10.2 Å². The molecular formula is C14H23ClN6O. The van der Waals surface area contributed by atoms with Crippen LogP contribution in [0.15, 0.2) is 24.8 Å². The van der Waals surface area contributed by atoms with Crippen molar-refractivity contribution >= 4 is 24.0 Å². The van der Waals surface area contributed by atoms with Gasteiger partial charge >= 0.3 is 0 Å². The van der Waals surface area contributed by atoms with Crippen molar-refractivity contribution in [2.75, 3.05) is 12.4 Å². The summed E-state index contributed by atoms with van der Waals surface area (Å²) in [6.45, 7) is 6.16. The average Bonchev–Trinajstić information content (AvgIpc) is 2.99. The van der Waals surface area contributed by atoms with Crippen LogP contribution in [0.1, 0.15) is 32.4 Å². The molecule has 1 atom stereocenters. The van der Waals surface area contributed by atoms with Crippen LogP contribution in [0.4, 0.5) is 5.69 Å². The van der Waals surface area contributed by atoms with E-state index in [1.807, 2.05) is 24.1 Å². The predicted octanol–water partition coefficient (Wildman–Crippen LogP) is 1.69. The molecule has 2 N–H and O–H groups in total. The minimum Gasteiger partial charge on any atom is -0.322 e. The van der Waals surface area contributed by atoms with Crippen molar-refractivity contribution in [2.24, 2.45) is 7.05 Å². The lowest BCUT2D eigenvalue weighted by molar-refractivity contribution is -0.118. The Bertz CT molecular complexity index is 627. The van der Waals surface area contributed by atoms with Gasteiger partial charge in [-0.05, 0) is 27.8 Å². The van der Waals surface area contributed by atoms with E-state index in [1.54, 1.807) is 24.1 Å². The molecule has 0 saturated carbocycles. The summed E-state index contributed by atoms with van der Waals surface area (Å²) < 4.78 is 3.49. The van der Waals surface area contributed by atoms with Crippen LogP contribution in [0.2, 0.25) is 0 Å². The second kappa shape index (κ2) is 6.93. The zero-order valence-electron chi connectivity index (χ0n) is 13.5. The molecule has 0 spiro atoms. The summed E-state index contributed by atoms with van der Waals surface area (Å²) in [6, 6.07) is -0.448. The summed E-state index contributed by atoms with van der Waals surface area (Å²) in [5.74, 6) is -0.140. The summed E-state index contributed by atoms with van der Waals surface area (Å²) in [5, 5.41) is 14.2. The summed E-state index contributed by atoms with van der Waals surface area (Å²) in [4.78, 5) is 12.4. The van der Waals surface area contributed by atoms with Crippen molar-refractivity contribution in [3.05, 3.63) is 30.4 Å². The van der Waals surface area contributed by atoms with Crippen LogP contribution in [0.5, 0.6) is 0 Å². The van der Waals surface area contributed by atoms with Gasteiger partial charge in [-0.1, -0.05) is 0 Å². The zero-order chi connectivity index (χ0) is 15.6. The van der Waals surface area contributed by atoms with Crippen molar-refractivity contribution < 1.29 is 4.79 Å². The van der Waals surface area contributed by atoms with E-state index < -0.39 is 6.04 Å². The standard InChI is InChI=1S/C14H22N6O.ClH/c1-14(2,3)20-9-11(7-17-20)18-13(21)12(15-4)10-6-16-19(5)8-10;/h6-9,12,15H,1-5H3,(H,18,21);1H. The maximum absolute atomic E-state index is 12.4. The molecule has 2 aromatic rings. The lowest BCUT2D eigenvalue weighted by Gasteiger charge is -2.18. The van der Waals surface area contributed by atoms with Gasteiger partial charge in [0, 0.05) is 25.0 Å². The molecule has 0 saturated heterocycles. The highest BCUT2D eigenvalue weighted by atomic mass is 35.5. The second-order valence-electron chi connectivity index (χ2n) is 6.00. The van der Waals surface area contributed by atoms with Gasteiger partial charge in [0.2, 0.25) is 5.91 Å². The number of hydrogen-bond acceptors (Lipinski definition) is 4. The first-order valence-corrected chi connectivity index (χ1v) is 6.83. The van der Waals surface area contributed by atoms with E-state index in [0.717, 1.165) is 5.56 Å². The highest BCUT2D eigenvalue weighted by Crippen LogP contribution is 2.18. The van der Waals surface area contributed by atoms with Crippen LogP contribution >= 0.6 is 12.4 Å². The van der Waals surface area contributed by atoms with Crippen LogP contribution in [0, 0.1) is 0 Å². The number of hydrogen-bond donors (Lipinski definition) is 2. The molecule has 2 rings (SSSR count). The molecule has 2 heterocycles. The number of carbonyl (C=O) groups excluding carboxylic acids is 1. The van der Waals surface area contributed by atoms with Gasteiger partial charge < -0.3 is 10.6 Å². The van der Waals surface area contributed by atoms with E-state index in [9.17, 15) is 4.79 Å². The van der Waals surface area contributed by atoms with E-state index in [-0.39, 0.29) is 23.9 Å². The molecule has 8 heteroatoms.